The van der Waals surface area contributed by atoms with E-state index in [-0.39, 0.29) is 5.97 Å². The van der Waals surface area contributed by atoms with Crippen molar-refractivity contribution in [2.45, 2.75) is 57.7 Å². The summed E-state index contributed by atoms with van der Waals surface area (Å²) in [6.07, 6.45) is 6.43. The van der Waals surface area contributed by atoms with E-state index < -0.39 is 0 Å². The molecule has 1 aromatic heterocycles. The van der Waals surface area contributed by atoms with E-state index in [1.165, 1.54) is 37.0 Å². The minimum atomic E-state index is -0.240. The first-order valence-corrected chi connectivity index (χ1v) is 8.88. The molecule has 0 amide bonds. The van der Waals surface area contributed by atoms with Crippen molar-refractivity contribution in [3.63, 3.8) is 0 Å². The Morgan fingerprint density at radius 1 is 1.36 bits per heavy atom. The highest BCUT2D eigenvalue weighted by atomic mass is 32.1. The van der Waals surface area contributed by atoms with E-state index >= 15 is 0 Å². The normalized spacial score (nSPS) is 22.7. The van der Waals surface area contributed by atoms with E-state index in [4.69, 9.17) is 9.47 Å². The Balaban J connectivity index is 1.51. The standard InChI is InChI=1S/C16H24N2O3S/c1-11-15(22-14(17-11)10-20-2)16(19)21-9-13-7-8-18(13)12-5-3-4-6-12/h12-13H,3-10H2,1-2H3. The van der Waals surface area contributed by atoms with Crippen LogP contribution >= 0.6 is 11.3 Å². The van der Waals surface area contributed by atoms with Crippen molar-refractivity contribution >= 4 is 17.3 Å². The van der Waals surface area contributed by atoms with Gasteiger partial charge in [0.2, 0.25) is 0 Å². The predicted octanol–water partition coefficient (Wildman–Crippen LogP) is 2.77. The molecule has 6 heteroatoms. The summed E-state index contributed by atoms with van der Waals surface area (Å²) in [5.74, 6) is -0.240. The fraction of sp³-hybridized carbons (Fsp3) is 0.750. The highest BCUT2D eigenvalue weighted by Crippen LogP contribution is 2.31. The molecule has 2 fully saturated rings. The third kappa shape index (κ3) is 3.34. The third-order valence-electron chi connectivity index (χ3n) is 4.68. The second-order valence-corrected chi connectivity index (χ2v) is 7.26. The van der Waals surface area contributed by atoms with Gasteiger partial charge in [-0.25, -0.2) is 9.78 Å². The zero-order chi connectivity index (χ0) is 15.5. The summed E-state index contributed by atoms with van der Waals surface area (Å²) >= 11 is 1.37. The highest BCUT2D eigenvalue weighted by Gasteiger charge is 2.36. The number of thiazole rings is 1. The molecule has 1 saturated heterocycles. The van der Waals surface area contributed by atoms with Gasteiger partial charge < -0.3 is 9.47 Å². The van der Waals surface area contributed by atoms with Gasteiger partial charge >= 0.3 is 5.97 Å². The van der Waals surface area contributed by atoms with Crippen molar-refractivity contribution in [2.24, 2.45) is 0 Å². The third-order valence-corrected chi connectivity index (χ3v) is 5.80. The van der Waals surface area contributed by atoms with E-state index in [1.807, 2.05) is 6.92 Å². The highest BCUT2D eigenvalue weighted by molar-refractivity contribution is 7.13. The van der Waals surface area contributed by atoms with Gasteiger partial charge in [0.1, 0.15) is 16.5 Å². The number of hydrogen-bond acceptors (Lipinski definition) is 6. The molecule has 1 aromatic rings. The predicted molar refractivity (Wildman–Crippen MR) is 85.2 cm³/mol. The Bertz CT molecular complexity index is 525. The fourth-order valence-corrected chi connectivity index (χ4v) is 4.35. The largest absolute Gasteiger partial charge is 0.460 e. The molecule has 0 aromatic carbocycles. The average Bonchev–Trinajstić information content (AvgIpc) is 3.08. The summed E-state index contributed by atoms with van der Waals surface area (Å²) in [6.45, 7) is 3.95. The van der Waals surface area contributed by atoms with Crippen LogP contribution in [0.25, 0.3) is 0 Å². The maximum absolute atomic E-state index is 12.2. The van der Waals surface area contributed by atoms with Crippen LogP contribution in [-0.2, 0) is 16.1 Å². The molecule has 1 saturated carbocycles. The van der Waals surface area contributed by atoms with Crippen molar-refractivity contribution in [3.05, 3.63) is 15.6 Å². The Labute approximate surface area is 135 Å². The maximum atomic E-state index is 12.2. The second-order valence-electron chi connectivity index (χ2n) is 6.17. The van der Waals surface area contributed by atoms with Gasteiger partial charge in [0.25, 0.3) is 0 Å². The molecule has 0 radical (unpaired) electrons. The summed E-state index contributed by atoms with van der Waals surface area (Å²) in [7, 11) is 1.63. The first kappa shape index (κ1) is 15.9. The van der Waals surface area contributed by atoms with E-state index in [0.717, 1.165) is 29.7 Å². The minimum Gasteiger partial charge on any atom is -0.460 e. The topological polar surface area (TPSA) is 51.7 Å². The van der Waals surface area contributed by atoms with Crippen LogP contribution in [0.1, 0.15) is 52.5 Å². The lowest BCUT2D eigenvalue weighted by Crippen LogP contribution is -2.54. The number of aryl methyl sites for hydroxylation is 1. The van der Waals surface area contributed by atoms with Crippen molar-refractivity contribution < 1.29 is 14.3 Å². The van der Waals surface area contributed by atoms with Crippen LogP contribution in [0.4, 0.5) is 0 Å². The lowest BCUT2D eigenvalue weighted by molar-refractivity contribution is -0.0109. The number of likely N-dealkylation sites (tertiary alicyclic amines) is 1. The van der Waals surface area contributed by atoms with Gasteiger partial charge in [-0.3, -0.25) is 4.90 Å². The van der Waals surface area contributed by atoms with Crippen LogP contribution in [-0.4, -0.2) is 48.2 Å². The monoisotopic (exact) mass is 324 g/mol. The average molecular weight is 324 g/mol. The Morgan fingerprint density at radius 3 is 2.77 bits per heavy atom. The summed E-state index contributed by atoms with van der Waals surface area (Å²) in [6, 6.07) is 1.13. The SMILES string of the molecule is COCc1nc(C)c(C(=O)OCC2CCN2C2CCCC2)s1. The molecular formula is C16H24N2O3S. The first-order chi connectivity index (χ1) is 10.7. The lowest BCUT2D eigenvalue weighted by Gasteiger charge is -2.44. The maximum Gasteiger partial charge on any atom is 0.350 e. The van der Waals surface area contributed by atoms with Crippen molar-refractivity contribution in [1.29, 1.82) is 0 Å². The number of rotatable bonds is 6. The van der Waals surface area contributed by atoms with Gasteiger partial charge in [-0.1, -0.05) is 12.8 Å². The van der Waals surface area contributed by atoms with E-state index in [1.54, 1.807) is 7.11 Å². The molecule has 5 nitrogen and oxygen atoms in total. The van der Waals surface area contributed by atoms with Crippen LogP contribution in [0.2, 0.25) is 0 Å². The van der Waals surface area contributed by atoms with Crippen LogP contribution in [0.3, 0.4) is 0 Å². The molecular weight excluding hydrogens is 300 g/mol. The van der Waals surface area contributed by atoms with Crippen LogP contribution in [0.5, 0.6) is 0 Å². The zero-order valence-electron chi connectivity index (χ0n) is 13.3. The molecule has 1 aliphatic carbocycles. The van der Waals surface area contributed by atoms with Crippen molar-refractivity contribution in [3.8, 4) is 0 Å². The van der Waals surface area contributed by atoms with Crippen LogP contribution < -0.4 is 0 Å². The summed E-state index contributed by atoms with van der Waals surface area (Å²) in [5.41, 5.74) is 0.739. The molecule has 0 bridgehead atoms. The number of carbonyl (C=O) groups excluding carboxylic acids is 1. The zero-order valence-corrected chi connectivity index (χ0v) is 14.2. The van der Waals surface area contributed by atoms with Gasteiger partial charge in [0.05, 0.1) is 12.3 Å². The number of methoxy groups -OCH3 is 1. The molecule has 2 aliphatic rings. The Morgan fingerprint density at radius 2 is 2.14 bits per heavy atom. The summed E-state index contributed by atoms with van der Waals surface area (Å²) < 4.78 is 10.6. The second kappa shape index (κ2) is 7.06. The quantitative estimate of drug-likeness (QED) is 0.753. The number of nitrogens with zero attached hydrogens (tertiary/aromatic N) is 2. The summed E-state index contributed by atoms with van der Waals surface area (Å²) in [4.78, 5) is 19.7. The number of esters is 1. The minimum absolute atomic E-state index is 0.240. The number of aromatic nitrogens is 1. The molecule has 0 spiro atoms. The van der Waals surface area contributed by atoms with Gasteiger partial charge in [-0.2, -0.15) is 0 Å². The molecule has 3 rings (SSSR count). The Hall–Kier alpha value is -0.980. The van der Waals surface area contributed by atoms with Gasteiger partial charge in [-0.05, 0) is 26.2 Å². The molecule has 2 heterocycles. The first-order valence-electron chi connectivity index (χ1n) is 8.07. The number of hydrogen-bond donors (Lipinski definition) is 0. The molecule has 1 aliphatic heterocycles. The van der Waals surface area contributed by atoms with Crippen LogP contribution in [0, 0.1) is 6.92 Å². The fourth-order valence-electron chi connectivity index (χ4n) is 3.42. The van der Waals surface area contributed by atoms with E-state index in [2.05, 4.69) is 9.88 Å². The molecule has 122 valence electrons. The van der Waals surface area contributed by atoms with Crippen molar-refractivity contribution in [1.82, 2.24) is 9.88 Å². The molecule has 1 atom stereocenters. The number of carbonyl (C=O) groups is 1. The van der Waals surface area contributed by atoms with E-state index in [9.17, 15) is 4.79 Å². The molecule has 22 heavy (non-hydrogen) atoms. The lowest BCUT2D eigenvalue weighted by atomic mass is 9.99. The molecule has 0 N–H and O–H groups in total. The number of ether oxygens (including phenoxy) is 2. The smallest absolute Gasteiger partial charge is 0.350 e. The summed E-state index contributed by atoms with van der Waals surface area (Å²) in [5, 5.41) is 0.822. The van der Waals surface area contributed by atoms with Gasteiger partial charge in [-0.15, -0.1) is 11.3 Å². The van der Waals surface area contributed by atoms with Gasteiger partial charge in [0.15, 0.2) is 0 Å². The van der Waals surface area contributed by atoms with E-state index in [0.29, 0.717) is 24.1 Å². The molecule has 1 unspecified atom stereocenters. The van der Waals surface area contributed by atoms with Gasteiger partial charge in [0, 0.05) is 25.7 Å². The Kier molecular flexibility index (Phi) is 5.10. The van der Waals surface area contributed by atoms with Crippen LogP contribution in [0.15, 0.2) is 0 Å². The van der Waals surface area contributed by atoms with Crippen molar-refractivity contribution in [2.75, 3.05) is 20.3 Å².